The van der Waals surface area contributed by atoms with E-state index in [4.69, 9.17) is 0 Å². The molecule has 0 amide bonds. The van der Waals surface area contributed by atoms with Gasteiger partial charge in [0.05, 0.1) is 0 Å². The van der Waals surface area contributed by atoms with Crippen LogP contribution in [0.25, 0.3) is 0 Å². The Morgan fingerprint density at radius 1 is 1.18 bits per heavy atom. The third-order valence-electron chi connectivity index (χ3n) is 4.51. The van der Waals surface area contributed by atoms with E-state index >= 15 is 0 Å². The predicted molar refractivity (Wildman–Crippen MR) is 73.2 cm³/mol. The summed E-state index contributed by atoms with van der Waals surface area (Å²) in [6.45, 7) is 9.99. The summed E-state index contributed by atoms with van der Waals surface area (Å²) in [6.07, 6.45) is 8.44. The average molecular weight is 239 g/mol. The van der Waals surface area contributed by atoms with Gasteiger partial charge < -0.3 is 9.69 Å². The molecule has 0 radical (unpaired) electrons. The molecule has 2 heteroatoms. The first kappa shape index (κ1) is 14.7. The third-order valence-corrected chi connectivity index (χ3v) is 4.51. The molecule has 0 unspecified atom stereocenters. The molecule has 0 aromatic heterocycles. The monoisotopic (exact) mass is 239 g/mol. The van der Waals surface area contributed by atoms with Crippen molar-refractivity contribution < 1.29 is 4.79 Å². The van der Waals surface area contributed by atoms with Crippen molar-refractivity contribution in [3.05, 3.63) is 0 Å². The highest BCUT2D eigenvalue weighted by atomic mass is 16.1. The maximum atomic E-state index is 11.4. The molecular formula is C15H29NO. The van der Waals surface area contributed by atoms with Gasteiger partial charge in [-0.3, -0.25) is 0 Å². The van der Waals surface area contributed by atoms with Crippen molar-refractivity contribution in [3.63, 3.8) is 0 Å². The zero-order chi connectivity index (χ0) is 12.7. The van der Waals surface area contributed by atoms with Crippen LogP contribution < -0.4 is 0 Å². The van der Waals surface area contributed by atoms with Gasteiger partial charge in [-0.2, -0.15) is 0 Å². The summed E-state index contributed by atoms with van der Waals surface area (Å²) in [7, 11) is 0. The predicted octanol–water partition coefficient (Wildman–Crippen LogP) is 3.50. The van der Waals surface area contributed by atoms with Gasteiger partial charge >= 0.3 is 0 Å². The van der Waals surface area contributed by atoms with Gasteiger partial charge in [-0.15, -0.1) is 0 Å². The SMILES string of the molecule is CCC(CC)CN(CC)CC1(C=O)CCCC1. The van der Waals surface area contributed by atoms with E-state index in [2.05, 4.69) is 25.7 Å². The van der Waals surface area contributed by atoms with Crippen LogP contribution in [-0.2, 0) is 4.79 Å². The van der Waals surface area contributed by atoms with Crippen LogP contribution in [0.1, 0.15) is 59.3 Å². The lowest BCUT2D eigenvalue weighted by Crippen LogP contribution is -2.39. The average Bonchev–Trinajstić information content (AvgIpc) is 2.83. The van der Waals surface area contributed by atoms with Crippen molar-refractivity contribution in [2.24, 2.45) is 11.3 Å². The van der Waals surface area contributed by atoms with Gasteiger partial charge in [0.2, 0.25) is 0 Å². The number of nitrogens with zero attached hydrogens (tertiary/aromatic N) is 1. The van der Waals surface area contributed by atoms with Crippen molar-refractivity contribution in [2.75, 3.05) is 19.6 Å². The number of hydrogen-bond donors (Lipinski definition) is 0. The minimum atomic E-state index is -0.0119. The molecule has 0 bridgehead atoms. The molecule has 0 heterocycles. The molecule has 0 saturated heterocycles. The molecule has 1 aliphatic rings. The van der Waals surface area contributed by atoms with Crippen LogP contribution in [0.15, 0.2) is 0 Å². The van der Waals surface area contributed by atoms with Gasteiger partial charge in [0.25, 0.3) is 0 Å². The van der Waals surface area contributed by atoms with E-state index in [0.717, 1.165) is 31.8 Å². The fraction of sp³-hybridized carbons (Fsp3) is 0.933. The standard InChI is InChI=1S/C15H29NO/c1-4-14(5-2)11-16(6-3)12-15(13-17)9-7-8-10-15/h13-14H,4-12H2,1-3H3. The Kier molecular flexibility index (Phi) is 6.18. The van der Waals surface area contributed by atoms with E-state index in [1.165, 1.54) is 38.5 Å². The molecule has 2 nitrogen and oxygen atoms in total. The van der Waals surface area contributed by atoms with Gasteiger partial charge in [0.1, 0.15) is 6.29 Å². The lowest BCUT2D eigenvalue weighted by atomic mass is 9.87. The number of rotatable bonds is 8. The summed E-state index contributed by atoms with van der Waals surface area (Å²) in [5.41, 5.74) is -0.0119. The first-order chi connectivity index (χ1) is 8.19. The number of carbonyl (C=O) groups is 1. The van der Waals surface area contributed by atoms with Gasteiger partial charge in [-0.1, -0.05) is 46.5 Å². The summed E-state index contributed by atoms with van der Waals surface area (Å²) in [5.74, 6) is 0.792. The topological polar surface area (TPSA) is 20.3 Å². The van der Waals surface area contributed by atoms with E-state index in [9.17, 15) is 4.79 Å². The highest BCUT2D eigenvalue weighted by molar-refractivity contribution is 5.60. The molecule has 0 aliphatic heterocycles. The maximum absolute atomic E-state index is 11.4. The fourth-order valence-electron chi connectivity index (χ4n) is 3.06. The van der Waals surface area contributed by atoms with E-state index in [1.807, 2.05) is 0 Å². The van der Waals surface area contributed by atoms with Crippen molar-refractivity contribution in [1.82, 2.24) is 4.90 Å². The van der Waals surface area contributed by atoms with Crippen LogP contribution in [0.2, 0.25) is 0 Å². The molecule has 0 atom stereocenters. The largest absolute Gasteiger partial charge is 0.303 e. The second-order valence-electron chi connectivity index (χ2n) is 5.70. The molecule has 1 rings (SSSR count). The molecule has 1 aliphatic carbocycles. The summed E-state index contributed by atoms with van der Waals surface area (Å²) in [5, 5.41) is 0. The van der Waals surface area contributed by atoms with Crippen LogP contribution in [0.3, 0.4) is 0 Å². The molecular weight excluding hydrogens is 210 g/mol. The normalized spacial score (nSPS) is 19.1. The number of aldehydes is 1. The highest BCUT2D eigenvalue weighted by Crippen LogP contribution is 2.37. The Bertz CT molecular complexity index is 217. The van der Waals surface area contributed by atoms with E-state index in [0.29, 0.717) is 0 Å². The summed E-state index contributed by atoms with van der Waals surface area (Å²) < 4.78 is 0. The zero-order valence-electron chi connectivity index (χ0n) is 11.9. The van der Waals surface area contributed by atoms with Crippen LogP contribution in [0, 0.1) is 11.3 Å². The van der Waals surface area contributed by atoms with E-state index in [-0.39, 0.29) is 5.41 Å². The molecule has 0 N–H and O–H groups in total. The molecule has 0 aromatic carbocycles. The van der Waals surface area contributed by atoms with Crippen molar-refractivity contribution in [1.29, 1.82) is 0 Å². The lowest BCUT2D eigenvalue weighted by molar-refractivity contribution is -0.117. The second-order valence-corrected chi connectivity index (χ2v) is 5.70. The number of carbonyl (C=O) groups excluding carboxylic acids is 1. The minimum Gasteiger partial charge on any atom is -0.303 e. The Labute approximate surface area is 107 Å². The zero-order valence-corrected chi connectivity index (χ0v) is 11.9. The molecule has 1 fully saturated rings. The second kappa shape index (κ2) is 7.15. The lowest BCUT2D eigenvalue weighted by Gasteiger charge is -2.32. The maximum Gasteiger partial charge on any atom is 0.127 e. The molecule has 0 aromatic rings. The van der Waals surface area contributed by atoms with Gasteiger partial charge in [-0.05, 0) is 25.3 Å². The van der Waals surface area contributed by atoms with Gasteiger partial charge in [-0.25, -0.2) is 0 Å². The summed E-state index contributed by atoms with van der Waals surface area (Å²) >= 11 is 0. The van der Waals surface area contributed by atoms with Crippen LogP contribution >= 0.6 is 0 Å². The highest BCUT2D eigenvalue weighted by Gasteiger charge is 2.35. The molecule has 100 valence electrons. The van der Waals surface area contributed by atoms with Crippen LogP contribution in [-0.4, -0.2) is 30.8 Å². The summed E-state index contributed by atoms with van der Waals surface area (Å²) in [6, 6.07) is 0. The Morgan fingerprint density at radius 3 is 2.18 bits per heavy atom. The molecule has 17 heavy (non-hydrogen) atoms. The Hall–Kier alpha value is -0.370. The van der Waals surface area contributed by atoms with E-state index < -0.39 is 0 Å². The first-order valence-electron chi connectivity index (χ1n) is 7.38. The summed E-state index contributed by atoms with van der Waals surface area (Å²) in [4.78, 5) is 13.9. The van der Waals surface area contributed by atoms with Gasteiger partial charge in [0.15, 0.2) is 0 Å². The minimum absolute atomic E-state index is 0.0119. The third kappa shape index (κ3) is 4.09. The van der Waals surface area contributed by atoms with Crippen molar-refractivity contribution in [3.8, 4) is 0 Å². The van der Waals surface area contributed by atoms with Gasteiger partial charge in [0, 0.05) is 18.5 Å². The Morgan fingerprint density at radius 2 is 1.76 bits per heavy atom. The quantitative estimate of drug-likeness (QED) is 0.604. The molecule has 0 spiro atoms. The van der Waals surface area contributed by atoms with Crippen molar-refractivity contribution >= 4 is 6.29 Å². The smallest absolute Gasteiger partial charge is 0.127 e. The Balaban J connectivity index is 2.52. The number of hydrogen-bond acceptors (Lipinski definition) is 2. The van der Waals surface area contributed by atoms with E-state index in [1.54, 1.807) is 0 Å². The molecule has 1 saturated carbocycles. The van der Waals surface area contributed by atoms with Crippen molar-refractivity contribution in [2.45, 2.75) is 59.3 Å². The fourth-order valence-corrected chi connectivity index (χ4v) is 3.06. The van der Waals surface area contributed by atoms with Crippen LogP contribution in [0.5, 0.6) is 0 Å². The van der Waals surface area contributed by atoms with Crippen LogP contribution in [0.4, 0.5) is 0 Å². The first-order valence-corrected chi connectivity index (χ1v) is 7.38.